The molecular formula is C10H10F2INO3. The summed E-state index contributed by atoms with van der Waals surface area (Å²) in [6.07, 6.45) is -2.93. The van der Waals surface area contributed by atoms with Crippen molar-refractivity contribution in [3.05, 3.63) is 20.9 Å². The van der Waals surface area contributed by atoms with Gasteiger partial charge in [-0.25, -0.2) is 13.8 Å². The van der Waals surface area contributed by atoms with Gasteiger partial charge in [-0.15, -0.1) is 0 Å². The van der Waals surface area contributed by atoms with Crippen molar-refractivity contribution in [1.29, 1.82) is 0 Å². The van der Waals surface area contributed by atoms with Crippen molar-refractivity contribution in [2.24, 2.45) is 0 Å². The van der Waals surface area contributed by atoms with Crippen molar-refractivity contribution in [3.63, 3.8) is 0 Å². The van der Waals surface area contributed by atoms with Crippen LogP contribution >= 0.6 is 22.6 Å². The molecule has 0 aliphatic heterocycles. The summed E-state index contributed by atoms with van der Waals surface area (Å²) in [5.41, 5.74) is -0.0834. The summed E-state index contributed by atoms with van der Waals surface area (Å²) < 4.78 is 35.1. The van der Waals surface area contributed by atoms with Gasteiger partial charge in [0, 0.05) is 6.07 Å². The van der Waals surface area contributed by atoms with Crippen LogP contribution < -0.4 is 4.74 Å². The molecule has 0 aliphatic carbocycles. The summed E-state index contributed by atoms with van der Waals surface area (Å²) >= 11 is 1.69. The van der Waals surface area contributed by atoms with Crippen molar-refractivity contribution in [2.45, 2.75) is 12.8 Å². The summed E-state index contributed by atoms with van der Waals surface area (Å²) in [6, 6.07) is 1.32. The second kappa shape index (κ2) is 6.08. The predicted octanol–water partition coefficient (Wildman–Crippen LogP) is 2.35. The third-order valence-corrected chi connectivity index (χ3v) is 2.89. The van der Waals surface area contributed by atoms with E-state index in [0.29, 0.717) is 0 Å². The van der Waals surface area contributed by atoms with Crippen molar-refractivity contribution >= 4 is 28.6 Å². The molecule has 0 N–H and O–H groups in total. The number of rotatable bonds is 4. The highest BCUT2D eigenvalue weighted by Gasteiger charge is 2.21. The molecule has 1 heterocycles. The first-order valence-electron chi connectivity index (χ1n) is 4.57. The molecule has 0 bridgehead atoms. The molecule has 0 saturated carbocycles. The Morgan fingerprint density at radius 1 is 1.53 bits per heavy atom. The van der Waals surface area contributed by atoms with E-state index in [1.165, 1.54) is 20.3 Å². The van der Waals surface area contributed by atoms with E-state index in [4.69, 9.17) is 4.74 Å². The van der Waals surface area contributed by atoms with E-state index in [1.807, 2.05) is 0 Å². The maximum atomic E-state index is 12.8. The minimum atomic E-state index is -2.69. The number of hydrogen-bond acceptors (Lipinski definition) is 4. The van der Waals surface area contributed by atoms with E-state index in [1.54, 1.807) is 22.6 Å². The number of hydrogen-bond donors (Lipinski definition) is 0. The zero-order valence-electron chi connectivity index (χ0n) is 9.17. The van der Waals surface area contributed by atoms with Crippen LogP contribution in [0.4, 0.5) is 8.78 Å². The number of carbonyl (C=O) groups excluding carboxylic acids is 1. The van der Waals surface area contributed by atoms with Crippen LogP contribution in [0.1, 0.15) is 17.6 Å². The summed E-state index contributed by atoms with van der Waals surface area (Å²) in [4.78, 5) is 15.0. The Morgan fingerprint density at radius 3 is 2.65 bits per heavy atom. The van der Waals surface area contributed by atoms with Crippen molar-refractivity contribution in [3.8, 4) is 5.88 Å². The predicted molar refractivity (Wildman–Crippen MR) is 64.2 cm³/mol. The summed E-state index contributed by atoms with van der Waals surface area (Å²) in [7, 11) is 2.58. The number of esters is 1. The quantitative estimate of drug-likeness (QED) is 0.472. The molecule has 0 spiro atoms. The normalized spacial score (nSPS) is 10.5. The molecule has 1 aromatic heterocycles. The van der Waals surface area contributed by atoms with Crippen molar-refractivity contribution in [1.82, 2.24) is 4.98 Å². The number of methoxy groups -OCH3 is 2. The average molecular weight is 357 g/mol. The van der Waals surface area contributed by atoms with Crippen molar-refractivity contribution in [2.75, 3.05) is 14.2 Å². The van der Waals surface area contributed by atoms with Crippen LogP contribution in [0.25, 0.3) is 0 Å². The van der Waals surface area contributed by atoms with Crippen LogP contribution in [0.15, 0.2) is 6.07 Å². The van der Waals surface area contributed by atoms with Gasteiger partial charge in [0.25, 0.3) is 6.43 Å². The second-order valence-corrected chi connectivity index (χ2v) is 4.10. The maximum Gasteiger partial charge on any atom is 0.309 e. The van der Waals surface area contributed by atoms with Gasteiger partial charge >= 0.3 is 5.97 Å². The van der Waals surface area contributed by atoms with E-state index in [0.717, 1.165) is 0 Å². The van der Waals surface area contributed by atoms with Gasteiger partial charge in [-0.05, 0) is 28.2 Å². The highest BCUT2D eigenvalue weighted by Crippen LogP contribution is 2.29. The summed E-state index contributed by atoms with van der Waals surface area (Å²) in [5, 5.41) is 0. The maximum absolute atomic E-state index is 12.8. The molecule has 0 saturated heterocycles. The first kappa shape index (κ1) is 14.1. The Morgan fingerprint density at radius 2 is 2.18 bits per heavy atom. The van der Waals surface area contributed by atoms with Gasteiger partial charge in [-0.1, -0.05) is 0 Å². The van der Waals surface area contributed by atoms with Gasteiger partial charge in [-0.3, -0.25) is 4.79 Å². The Balaban J connectivity index is 3.22. The number of pyridine rings is 1. The molecule has 4 nitrogen and oxygen atoms in total. The zero-order chi connectivity index (χ0) is 13.0. The standard InChI is InChI=1S/C10H10F2INO3/c1-16-6-3-5(4-7(15)17-2)8(9(11)12)10(13)14-6/h3,9H,4H2,1-2H3. The van der Waals surface area contributed by atoms with Crippen LogP contribution in [-0.4, -0.2) is 25.2 Å². The van der Waals surface area contributed by atoms with Crippen LogP contribution in [0, 0.1) is 3.70 Å². The first-order valence-corrected chi connectivity index (χ1v) is 5.65. The molecular weight excluding hydrogens is 347 g/mol. The highest BCUT2D eigenvalue weighted by molar-refractivity contribution is 14.1. The van der Waals surface area contributed by atoms with Crippen LogP contribution in [0.2, 0.25) is 0 Å². The van der Waals surface area contributed by atoms with E-state index in [-0.39, 0.29) is 27.1 Å². The minimum absolute atomic E-state index is 0.121. The van der Waals surface area contributed by atoms with Gasteiger partial charge in [0.2, 0.25) is 5.88 Å². The molecule has 1 rings (SSSR count). The number of halogens is 3. The Labute approximate surface area is 110 Å². The lowest BCUT2D eigenvalue weighted by Gasteiger charge is -2.11. The smallest absolute Gasteiger partial charge is 0.309 e. The highest BCUT2D eigenvalue weighted by atomic mass is 127. The number of ether oxygens (including phenoxy) is 2. The fraction of sp³-hybridized carbons (Fsp3) is 0.400. The van der Waals surface area contributed by atoms with Gasteiger partial charge in [-0.2, -0.15) is 0 Å². The monoisotopic (exact) mass is 357 g/mol. The molecule has 0 unspecified atom stereocenters. The van der Waals surface area contributed by atoms with Gasteiger partial charge in [0.1, 0.15) is 3.70 Å². The molecule has 17 heavy (non-hydrogen) atoms. The van der Waals surface area contributed by atoms with E-state index < -0.39 is 12.4 Å². The molecule has 7 heteroatoms. The Kier molecular flexibility index (Phi) is 5.03. The second-order valence-electron chi connectivity index (χ2n) is 3.08. The lowest BCUT2D eigenvalue weighted by Crippen LogP contribution is -2.10. The number of aromatic nitrogens is 1. The number of nitrogens with zero attached hydrogens (tertiary/aromatic N) is 1. The average Bonchev–Trinajstić information content (AvgIpc) is 2.27. The number of alkyl halides is 2. The largest absolute Gasteiger partial charge is 0.481 e. The third kappa shape index (κ3) is 3.48. The third-order valence-electron chi connectivity index (χ3n) is 2.06. The first-order chi connectivity index (χ1) is 7.99. The van der Waals surface area contributed by atoms with Crippen LogP contribution in [0.5, 0.6) is 5.88 Å². The SMILES string of the molecule is COC(=O)Cc1cc(OC)nc(I)c1C(F)F. The summed E-state index contributed by atoms with van der Waals surface area (Å²) in [6.45, 7) is 0. The topological polar surface area (TPSA) is 48.4 Å². The lowest BCUT2D eigenvalue weighted by molar-refractivity contribution is -0.139. The van der Waals surface area contributed by atoms with Gasteiger partial charge in [0.15, 0.2) is 0 Å². The van der Waals surface area contributed by atoms with Gasteiger partial charge < -0.3 is 9.47 Å². The van der Waals surface area contributed by atoms with Crippen molar-refractivity contribution < 1.29 is 23.0 Å². The Hall–Kier alpha value is -0.990. The Bertz CT molecular complexity index is 426. The molecule has 0 aromatic carbocycles. The molecule has 1 aromatic rings. The molecule has 0 atom stereocenters. The summed E-state index contributed by atoms with van der Waals surface area (Å²) in [5.74, 6) is -0.395. The molecule has 0 radical (unpaired) electrons. The fourth-order valence-electron chi connectivity index (χ4n) is 1.26. The molecule has 0 aliphatic rings. The van der Waals surface area contributed by atoms with Crippen LogP contribution in [0.3, 0.4) is 0 Å². The van der Waals surface area contributed by atoms with Gasteiger partial charge in [0.05, 0.1) is 26.2 Å². The van der Waals surface area contributed by atoms with Crippen LogP contribution in [-0.2, 0) is 16.0 Å². The molecule has 0 fully saturated rings. The lowest BCUT2D eigenvalue weighted by atomic mass is 10.1. The fourth-order valence-corrected chi connectivity index (χ4v) is 2.08. The molecule has 94 valence electrons. The molecule has 0 amide bonds. The van der Waals surface area contributed by atoms with E-state index in [2.05, 4.69) is 9.72 Å². The van der Waals surface area contributed by atoms with E-state index in [9.17, 15) is 13.6 Å². The van der Waals surface area contributed by atoms with E-state index >= 15 is 0 Å². The number of carbonyl (C=O) groups is 1. The minimum Gasteiger partial charge on any atom is -0.481 e. The zero-order valence-corrected chi connectivity index (χ0v) is 11.3.